The molecular weight excluding hydrogens is 252 g/mol. The van der Waals surface area contributed by atoms with Gasteiger partial charge in [0.15, 0.2) is 0 Å². The van der Waals surface area contributed by atoms with Gasteiger partial charge in [0.2, 0.25) is 5.95 Å². The molecule has 0 saturated carbocycles. The average molecular weight is 268 g/mol. The number of nitrogens with two attached hydrogens (primary N) is 1. The van der Waals surface area contributed by atoms with Gasteiger partial charge in [0.05, 0.1) is 11.5 Å². The third-order valence-electron chi connectivity index (χ3n) is 3.02. The summed E-state index contributed by atoms with van der Waals surface area (Å²) in [4.78, 5) is 18.0. The highest BCUT2D eigenvalue weighted by Gasteiger charge is 2.24. The minimum absolute atomic E-state index is 0.0231. The van der Waals surface area contributed by atoms with Crippen molar-refractivity contribution in [2.24, 2.45) is 5.92 Å². The van der Waals surface area contributed by atoms with Gasteiger partial charge in [0.1, 0.15) is 5.69 Å². The largest absolute Gasteiger partial charge is 0.472 e. The fraction of sp³-hybridized carbons (Fsp3) is 0.636. The summed E-state index contributed by atoms with van der Waals surface area (Å²) >= 11 is 0. The zero-order valence-corrected chi connectivity index (χ0v) is 10.7. The highest BCUT2D eigenvalue weighted by atomic mass is 16.6. The fourth-order valence-corrected chi connectivity index (χ4v) is 1.98. The van der Waals surface area contributed by atoms with E-state index in [1.807, 2.05) is 0 Å². The Balaban J connectivity index is 2.12. The summed E-state index contributed by atoms with van der Waals surface area (Å²) in [7, 11) is 0. The molecule has 1 saturated heterocycles. The number of aromatic nitrogens is 2. The molecule has 8 heteroatoms. The highest BCUT2D eigenvalue weighted by Crippen LogP contribution is 2.29. The van der Waals surface area contributed by atoms with E-state index in [0.717, 1.165) is 12.8 Å². The Bertz CT molecular complexity index is 474. The van der Waals surface area contributed by atoms with Gasteiger partial charge >= 0.3 is 5.69 Å². The van der Waals surface area contributed by atoms with Crippen LogP contribution in [0.15, 0.2) is 0 Å². The summed E-state index contributed by atoms with van der Waals surface area (Å²) in [6, 6.07) is 0. The van der Waals surface area contributed by atoms with Crippen molar-refractivity contribution >= 4 is 11.6 Å². The first-order valence-corrected chi connectivity index (χ1v) is 6.07. The first-order chi connectivity index (χ1) is 9.08. The summed E-state index contributed by atoms with van der Waals surface area (Å²) in [5, 5.41) is 11.0. The van der Waals surface area contributed by atoms with E-state index in [0.29, 0.717) is 25.7 Å². The maximum Gasteiger partial charge on any atom is 0.352 e. The molecular formula is C11H16N4O4. The van der Waals surface area contributed by atoms with E-state index in [-0.39, 0.29) is 23.2 Å². The summed E-state index contributed by atoms with van der Waals surface area (Å²) < 4.78 is 10.7. The van der Waals surface area contributed by atoms with E-state index < -0.39 is 4.92 Å². The van der Waals surface area contributed by atoms with Crippen LogP contribution in [-0.2, 0) is 4.74 Å². The molecule has 19 heavy (non-hydrogen) atoms. The van der Waals surface area contributed by atoms with E-state index in [4.69, 9.17) is 15.2 Å². The van der Waals surface area contributed by atoms with Crippen LogP contribution in [0.5, 0.6) is 5.88 Å². The molecule has 0 aromatic carbocycles. The summed E-state index contributed by atoms with van der Waals surface area (Å²) in [6.45, 7) is 3.28. The van der Waals surface area contributed by atoms with Crippen LogP contribution in [-0.4, -0.2) is 34.7 Å². The molecule has 0 radical (unpaired) electrons. The van der Waals surface area contributed by atoms with Gasteiger partial charge < -0.3 is 15.2 Å². The Labute approximate surface area is 110 Å². The number of hydrogen-bond donors (Lipinski definition) is 1. The van der Waals surface area contributed by atoms with Crippen molar-refractivity contribution in [2.45, 2.75) is 19.8 Å². The standard InChI is InChI=1S/C11H16N4O4/c1-7-9(15(16)17)10(14-11(12)13-7)19-6-8-2-4-18-5-3-8/h8H,2-6H2,1H3,(H2,12,13,14). The van der Waals surface area contributed by atoms with Crippen molar-refractivity contribution in [1.82, 2.24) is 9.97 Å². The second kappa shape index (κ2) is 5.79. The van der Waals surface area contributed by atoms with Crippen LogP contribution in [0, 0.1) is 23.0 Å². The van der Waals surface area contributed by atoms with Crippen LogP contribution in [0.2, 0.25) is 0 Å². The Kier molecular flexibility index (Phi) is 4.10. The first kappa shape index (κ1) is 13.5. The smallest absolute Gasteiger partial charge is 0.352 e. The minimum Gasteiger partial charge on any atom is -0.472 e. The van der Waals surface area contributed by atoms with Crippen LogP contribution < -0.4 is 10.5 Å². The molecule has 1 aromatic rings. The van der Waals surface area contributed by atoms with Gasteiger partial charge in [-0.1, -0.05) is 0 Å². The Morgan fingerprint density at radius 1 is 1.47 bits per heavy atom. The maximum atomic E-state index is 11.0. The molecule has 0 bridgehead atoms. The first-order valence-electron chi connectivity index (χ1n) is 6.07. The topological polar surface area (TPSA) is 113 Å². The predicted octanol–water partition coefficient (Wildman–Crippen LogP) is 1.08. The third-order valence-corrected chi connectivity index (χ3v) is 3.02. The number of anilines is 1. The fourth-order valence-electron chi connectivity index (χ4n) is 1.98. The van der Waals surface area contributed by atoms with Gasteiger partial charge in [-0.05, 0) is 25.7 Å². The van der Waals surface area contributed by atoms with E-state index in [1.165, 1.54) is 6.92 Å². The number of rotatable bonds is 4. The molecule has 0 unspecified atom stereocenters. The van der Waals surface area contributed by atoms with Gasteiger partial charge in [-0.15, -0.1) is 0 Å². The molecule has 0 atom stereocenters. The number of nitrogen functional groups attached to an aromatic ring is 1. The molecule has 104 valence electrons. The molecule has 1 aliphatic rings. The number of nitrogens with zero attached hydrogens (tertiary/aromatic N) is 3. The van der Waals surface area contributed by atoms with Crippen molar-refractivity contribution in [3.05, 3.63) is 15.8 Å². The monoisotopic (exact) mass is 268 g/mol. The lowest BCUT2D eigenvalue weighted by Gasteiger charge is -2.21. The van der Waals surface area contributed by atoms with Gasteiger partial charge in [0.25, 0.3) is 5.88 Å². The van der Waals surface area contributed by atoms with E-state index in [9.17, 15) is 10.1 Å². The number of nitro groups is 1. The van der Waals surface area contributed by atoms with Crippen molar-refractivity contribution in [1.29, 1.82) is 0 Å². The molecule has 0 spiro atoms. The molecule has 0 aliphatic carbocycles. The molecule has 8 nitrogen and oxygen atoms in total. The van der Waals surface area contributed by atoms with Crippen molar-refractivity contribution in [3.63, 3.8) is 0 Å². The quantitative estimate of drug-likeness (QED) is 0.642. The molecule has 0 amide bonds. The van der Waals surface area contributed by atoms with Gasteiger partial charge in [0, 0.05) is 13.2 Å². The van der Waals surface area contributed by atoms with Crippen LogP contribution >= 0.6 is 0 Å². The van der Waals surface area contributed by atoms with Crippen molar-refractivity contribution in [3.8, 4) is 5.88 Å². The average Bonchev–Trinajstić information content (AvgIpc) is 2.36. The molecule has 2 rings (SSSR count). The molecule has 2 N–H and O–H groups in total. The number of ether oxygens (including phenoxy) is 2. The molecule has 1 aliphatic heterocycles. The highest BCUT2D eigenvalue weighted by molar-refractivity contribution is 5.47. The van der Waals surface area contributed by atoms with Gasteiger partial charge in [-0.3, -0.25) is 10.1 Å². The van der Waals surface area contributed by atoms with Crippen molar-refractivity contribution in [2.75, 3.05) is 25.6 Å². The second-order valence-corrected chi connectivity index (χ2v) is 4.44. The normalized spacial score (nSPS) is 16.3. The Morgan fingerprint density at radius 2 is 2.16 bits per heavy atom. The summed E-state index contributed by atoms with van der Waals surface area (Å²) in [5.74, 6) is 0.247. The molecule has 1 fully saturated rings. The molecule has 1 aromatic heterocycles. The van der Waals surface area contributed by atoms with E-state index in [1.54, 1.807) is 0 Å². The number of hydrogen-bond acceptors (Lipinski definition) is 7. The van der Waals surface area contributed by atoms with Crippen LogP contribution in [0.4, 0.5) is 11.6 Å². The van der Waals surface area contributed by atoms with Gasteiger partial charge in [-0.25, -0.2) is 4.98 Å². The Morgan fingerprint density at radius 3 is 2.79 bits per heavy atom. The van der Waals surface area contributed by atoms with Crippen molar-refractivity contribution < 1.29 is 14.4 Å². The predicted molar refractivity (Wildman–Crippen MR) is 66.9 cm³/mol. The van der Waals surface area contributed by atoms with Crippen LogP contribution in [0.1, 0.15) is 18.5 Å². The summed E-state index contributed by atoms with van der Waals surface area (Å²) in [5.41, 5.74) is 5.48. The number of aryl methyl sites for hydroxylation is 1. The molecule has 2 heterocycles. The zero-order chi connectivity index (χ0) is 13.8. The van der Waals surface area contributed by atoms with E-state index >= 15 is 0 Å². The SMILES string of the molecule is Cc1nc(N)nc(OCC2CCOCC2)c1[N+](=O)[O-]. The lowest BCUT2D eigenvalue weighted by Crippen LogP contribution is -2.22. The van der Waals surface area contributed by atoms with Gasteiger partial charge in [-0.2, -0.15) is 4.98 Å². The lowest BCUT2D eigenvalue weighted by molar-refractivity contribution is -0.387. The zero-order valence-electron chi connectivity index (χ0n) is 10.7. The van der Waals surface area contributed by atoms with Crippen LogP contribution in [0.3, 0.4) is 0 Å². The summed E-state index contributed by atoms with van der Waals surface area (Å²) in [6.07, 6.45) is 1.76. The second-order valence-electron chi connectivity index (χ2n) is 4.44. The minimum atomic E-state index is -0.548. The van der Waals surface area contributed by atoms with Crippen LogP contribution in [0.25, 0.3) is 0 Å². The Hall–Kier alpha value is -1.96. The van der Waals surface area contributed by atoms with E-state index in [2.05, 4.69) is 9.97 Å². The maximum absolute atomic E-state index is 11.0. The third kappa shape index (κ3) is 3.28. The lowest BCUT2D eigenvalue weighted by atomic mass is 10.0.